The summed E-state index contributed by atoms with van der Waals surface area (Å²) in [5, 5.41) is 0. The molecule has 0 spiro atoms. The average Bonchev–Trinajstić information content (AvgIpc) is 2.50. The highest BCUT2D eigenvalue weighted by molar-refractivity contribution is 7.99. The lowest BCUT2D eigenvalue weighted by Crippen LogP contribution is -2.32. The van der Waals surface area contributed by atoms with Crippen molar-refractivity contribution in [3.05, 3.63) is 30.1 Å². The van der Waals surface area contributed by atoms with Crippen LogP contribution in [0.3, 0.4) is 0 Å². The number of hydrogen-bond donors (Lipinski definition) is 0. The van der Waals surface area contributed by atoms with Gasteiger partial charge in [0.1, 0.15) is 5.82 Å². The molecule has 0 radical (unpaired) electrons. The summed E-state index contributed by atoms with van der Waals surface area (Å²) in [5.74, 6) is 0.444. The third-order valence-electron chi connectivity index (χ3n) is 2.96. The zero-order chi connectivity index (χ0) is 15.5. The number of nitrogens with zero attached hydrogens (tertiary/aromatic N) is 1. The van der Waals surface area contributed by atoms with Gasteiger partial charge < -0.3 is 9.47 Å². The number of benzene rings is 1. The largest absolute Gasteiger partial charge is 0.469 e. The number of ether oxygens (including phenoxy) is 2. The van der Waals surface area contributed by atoms with Crippen molar-refractivity contribution >= 4 is 17.7 Å². The normalized spacial score (nSPS) is 10.9. The minimum Gasteiger partial charge on any atom is -0.469 e. The summed E-state index contributed by atoms with van der Waals surface area (Å²) in [7, 11) is 3.05. The van der Waals surface area contributed by atoms with Gasteiger partial charge in [0.05, 0.1) is 20.1 Å². The van der Waals surface area contributed by atoms with Crippen LogP contribution >= 0.6 is 11.8 Å². The Kier molecular flexibility index (Phi) is 9.05. The molecule has 0 amide bonds. The van der Waals surface area contributed by atoms with E-state index in [9.17, 15) is 9.18 Å². The fourth-order valence-corrected chi connectivity index (χ4v) is 2.64. The highest BCUT2D eigenvalue weighted by Gasteiger charge is 2.08. The topological polar surface area (TPSA) is 38.8 Å². The minimum atomic E-state index is -0.223. The maximum absolute atomic E-state index is 12.8. The SMILES string of the molecule is COCCN(CCSc1ccc(F)cc1)CCC(=O)OC. The molecule has 0 saturated heterocycles. The Labute approximate surface area is 129 Å². The summed E-state index contributed by atoms with van der Waals surface area (Å²) < 4.78 is 22.5. The van der Waals surface area contributed by atoms with Crippen LogP contribution in [0.25, 0.3) is 0 Å². The van der Waals surface area contributed by atoms with E-state index in [0.29, 0.717) is 19.6 Å². The number of thioether (sulfide) groups is 1. The lowest BCUT2D eigenvalue weighted by atomic mass is 10.3. The number of carbonyl (C=O) groups is 1. The Morgan fingerprint density at radius 3 is 2.52 bits per heavy atom. The molecule has 0 saturated carbocycles. The Morgan fingerprint density at radius 1 is 1.19 bits per heavy atom. The molecule has 0 bridgehead atoms. The van der Waals surface area contributed by atoms with Gasteiger partial charge in [0, 0.05) is 37.4 Å². The van der Waals surface area contributed by atoms with Gasteiger partial charge in [0.25, 0.3) is 0 Å². The number of rotatable bonds is 10. The number of methoxy groups -OCH3 is 2. The Bertz CT molecular complexity index is 414. The third-order valence-corrected chi connectivity index (χ3v) is 3.95. The first kappa shape index (κ1) is 17.9. The van der Waals surface area contributed by atoms with Gasteiger partial charge in [-0.2, -0.15) is 0 Å². The molecule has 118 valence electrons. The van der Waals surface area contributed by atoms with E-state index in [-0.39, 0.29) is 11.8 Å². The van der Waals surface area contributed by atoms with Crippen LogP contribution in [0.2, 0.25) is 0 Å². The molecule has 0 heterocycles. The Morgan fingerprint density at radius 2 is 1.90 bits per heavy atom. The summed E-state index contributed by atoms with van der Waals surface area (Å²) in [5.41, 5.74) is 0. The molecule has 0 unspecified atom stereocenters. The average molecular weight is 315 g/mol. The first-order chi connectivity index (χ1) is 10.2. The van der Waals surface area contributed by atoms with Gasteiger partial charge in [-0.25, -0.2) is 4.39 Å². The highest BCUT2D eigenvalue weighted by Crippen LogP contribution is 2.18. The van der Waals surface area contributed by atoms with Crippen LogP contribution < -0.4 is 0 Å². The van der Waals surface area contributed by atoms with E-state index in [1.807, 2.05) is 0 Å². The summed E-state index contributed by atoms with van der Waals surface area (Å²) in [6, 6.07) is 6.46. The summed E-state index contributed by atoms with van der Waals surface area (Å²) in [6.07, 6.45) is 0.376. The number of esters is 1. The maximum atomic E-state index is 12.8. The van der Waals surface area contributed by atoms with Gasteiger partial charge in [-0.05, 0) is 24.3 Å². The van der Waals surface area contributed by atoms with Crippen LogP contribution in [0.5, 0.6) is 0 Å². The standard InChI is InChI=1S/C15H22FNO3S/c1-19-11-9-17(8-7-15(18)20-2)10-12-21-14-5-3-13(16)4-6-14/h3-6H,7-12H2,1-2H3. The molecule has 0 aliphatic carbocycles. The zero-order valence-electron chi connectivity index (χ0n) is 12.5. The smallest absolute Gasteiger partial charge is 0.306 e. The van der Waals surface area contributed by atoms with Crippen LogP contribution in [0.1, 0.15) is 6.42 Å². The second kappa shape index (κ2) is 10.6. The fraction of sp³-hybridized carbons (Fsp3) is 0.533. The van der Waals surface area contributed by atoms with Crippen LogP contribution in [0.4, 0.5) is 4.39 Å². The van der Waals surface area contributed by atoms with Crippen LogP contribution in [0, 0.1) is 5.82 Å². The highest BCUT2D eigenvalue weighted by atomic mass is 32.2. The van der Waals surface area contributed by atoms with E-state index in [1.165, 1.54) is 19.2 Å². The van der Waals surface area contributed by atoms with Crippen molar-refractivity contribution < 1.29 is 18.7 Å². The molecular weight excluding hydrogens is 293 g/mol. The Balaban J connectivity index is 2.33. The second-order valence-electron chi connectivity index (χ2n) is 4.46. The predicted octanol–water partition coefficient (Wildman–Crippen LogP) is 2.43. The quantitative estimate of drug-likeness (QED) is 0.490. The molecule has 1 aromatic carbocycles. The number of hydrogen-bond acceptors (Lipinski definition) is 5. The number of halogens is 1. The van der Waals surface area contributed by atoms with Crippen molar-refractivity contribution in [3.63, 3.8) is 0 Å². The van der Waals surface area contributed by atoms with E-state index in [1.54, 1.807) is 31.0 Å². The zero-order valence-corrected chi connectivity index (χ0v) is 13.3. The molecular formula is C15H22FNO3S. The fourth-order valence-electron chi connectivity index (χ4n) is 1.73. The molecule has 6 heteroatoms. The van der Waals surface area contributed by atoms with E-state index < -0.39 is 0 Å². The Hall–Kier alpha value is -1.11. The molecule has 21 heavy (non-hydrogen) atoms. The lowest BCUT2D eigenvalue weighted by Gasteiger charge is -2.21. The van der Waals surface area contributed by atoms with Crippen molar-refractivity contribution in [2.45, 2.75) is 11.3 Å². The molecule has 1 aromatic rings. The number of carbonyl (C=O) groups excluding carboxylic acids is 1. The van der Waals surface area contributed by atoms with E-state index in [2.05, 4.69) is 9.64 Å². The molecule has 0 aliphatic heterocycles. The molecule has 4 nitrogen and oxygen atoms in total. The van der Waals surface area contributed by atoms with Crippen molar-refractivity contribution in [2.75, 3.05) is 46.2 Å². The first-order valence-electron chi connectivity index (χ1n) is 6.82. The van der Waals surface area contributed by atoms with Gasteiger partial charge in [0.2, 0.25) is 0 Å². The second-order valence-corrected chi connectivity index (χ2v) is 5.63. The van der Waals surface area contributed by atoms with Crippen molar-refractivity contribution in [1.82, 2.24) is 4.90 Å². The van der Waals surface area contributed by atoms with Crippen LogP contribution in [-0.4, -0.2) is 57.1 Å². The monoisotopic (exact) mass is 315 g/mol. The molecule has 0 atom stereocenters. The van der Waals surface area contributed by atoms with Gasteiger partial charge in [0.15, 0.2) is 0 Å². The van der Waals surface area contributed by atoms with Crippen molar-refractivity contribution in [1.29, 1.82) is 0 Å². The molecule has 0 aliphatic rings. The molecule has 1 rings (SSSR count). The van der Waals surface area contributed by atoms with Crippen molar-refractivity contribution in [3.8, 4) is 0 Å². The molecule has 0 aromatic heterocycles. The maximum Gasteiger partial charge on any atom is 0.306 e. The van der Waals surface area contributed by atoms with Gasteiger partial charge >= 0.3 is 5.97 Å². The summed E-state index contributed by atoms with van der Waals surface area (Å²) in [4.78, 5) is 14.4. The van der Waals surface area contributed by atoms with Crippen LogP contribution in [-0.2, 0) is 14.3 Å². The van der Waals surface area contributed by atoms with Crippen molar-refractivity contribution in [2.24, 2.45) is 0 Å². The third kappa shape index (κ3) is 8.04. The van der Waals surface area contributed by atoms with Gasteiger partial charge in [-0.15, -0.1) is 11.8 Å². The predicted molar refractivity (Wildman–Crippen MR) is 82.1 cm³/mol. The summed E-state index contributed by atoms with van der Waals surface area (Å²) >= 11 is 1.67. The van der Waals surface area contributed by atoms with E-state index in [0.717, 1.165) is 23.7 Å². The van der Waals surface area contributed by atoms with E-state index in [4.69, 9.17) is 4.74 Å². The summed E-state index contributed by atoms with van der Waals surface area (Å²) in [6.45, 7) is 2.89. The van der Waals surface area contributed by atoms with E-state index >= 15 is 0 Å². The van der Waals surface area contributed by atoms with Crippen LogP contribution in [0.15, 0.2) is 29.2 Å². The molecule has 0 fully saturated rings. The molecule has 0 N–H and O–H groups in total. The van der Waals surface area contributed by atoms with Gasteiger partial charge in [-0.1, -0.05) is 0 Å². The first-order valence-corrected chi connectivity index (χ1v) is 7.80. The minimum absolute atomic E-state index is 0.205. The lowest BCUT2D eigenvalue weighted by molar-refractivity contribution is -0.141. The van der Waals surface area contributed by atoms with Gasteiger partial charge in [-0.3, -0.25) is 9.69 Å².